The number of aliphatic carboxylic acids is 1. The van der Waals surface area contributed by atoms with Gasteiger partial charge in [-0.25, -0.2) is 0 Å². The van der Waals surface area contributed by atoms with Crippen molar-refractivity contribution in [2.24, 2.45) is 0 Å². The quantitative estimate of drug-likeness (QED) is 0.0403. The molecule has 3 N–H and O–H groups in total. The van der Waals surface area contributed by atoms with E-state index in [-0.39, 0.29) is 47.2 Å². The monoisotopic (exact) mass is 644 g/mol. The first-order valence-corrected chi connectivity index (χ1v) is 16.0. The highest BCUT2D eigenvalue weighted by molar-refractivity contribution is 6.06. The Kier molecular flexibility index (Phi) is 12.4. The van der Waals surface area contributed by atoms with E-state index in [1.165, 1.54) is 67.1 Å². The van der Waals surface area contributed by atoms with Gasteiger partial charge < -0.3 is 20.3 Å². The summed E-state index contributed by atoms with van der Waals surface area (Å²) in [6.07, 6.45) is 11.0. The SMILES string of the molecule is CCCCCCCCCCCc1nn(-c2ccc([N+](=O)[O-])cc2)c(Oc2cc(C(=O)NCCC(=O)O)c(O)c3ccccc23)c1C=O. The minimum atomic E-state index is -1.09. The highest BCUT2D eigenvalue weighted by atomic mass is 16.6. The maximum absolute atomic E-state index is 13.0. The van der Waals surface area contributed by atoms with E-state index in [9.17, 15) is 29.6 Å². The number of nitro benzene ring substituents is 1. The fraction of sp³-hybridized carbons (Fsp3) is 0.371. The molecule has 0 spiro atoms. The Hall–Kier alpha value is -5.26. The van der Waals surface area contributed by atoms with Gasteiger partial charge in [-0.2, -0.15) is 9.78 Å². The molecule has 3 aromatic carbocycles. The first-order chi connectivity index (χ1) is 22.7. The summed E-state index contributed by atoms with van der Waals surface area (Å²) in [7, 11) is 0. The number of carbonyl (C=O) groups is 3. The third kappa shape index (κ3) is 8.93. The van der Waals surface area contributed by atoms with E-state index in [1.807, 2.05) is 0 Å². The van der Waals surface area contributed by atoms with Gasteiger partial charge in [0.15, 0.2) is 6.29 Å². The summed E-state index contributed by atoms with van der Waals surface area (Å²) in [5.74, 6) is -1.91. The molecule has 1 aromatic heterocycles. The topological polar surface area (TPSA) is 174 Å². The van der Waals surface area contributed by atoms with Crippen LogP contribution < -0.4 is 10.1 Å². The molecule has 4 rings (SSSR count). The summed E-state index contributed by atoms with van der Waals surface area (Å²) in [4.78, 5) is 47.3. The summed E-state index contributed by atoms with van der Waals surface area (Å²) in [6, 6.07) is 13.7. The molecule has 12 heteroatoms. The van der Waals surface area contributed by atoms with Gasteiger partial charge in [0.05, 0.1) is 28.3 Å². The standard InChI is InChI=1S/C35H40N4O8/c1-2-3-4-5-6-7-8-9-10-15-30-29(23-40)35(38(37-30)24-16-18-25(19-17-24)39(45)46)47-31-22-28(34(44)36-21-20-32(41)42)33(43)27-14-12-11-13-26(27)31/h11-14,16-19,22-23,43H,2-10,15,20-21H2,1H3,(H,36,44)(H,41,42). The molecule has 47 heavy (non-hydrogen) atoms. The lowest BCUT2D eigenvalue weighted by molar-refractivity contribution is -0.384. The van der Waals surface area contributed by atoms with Crippen molar-refractivity contribution in [1.82, 2.24) is 15.1 Å². The number of carboxylic acids is 1. The van der Waals surface area contributed by atoms with Crippen molar-refractivity contribution in [2.45, 2.75) is 77.6 Å². The van der Waals surface area contributed by atoms with Crippen LogP contribution in [0.3, 0.4) is 0 Å². The first kappa shape index (κ1) is 34.6. The molecule has 1 heterocycles. The zero-order valence-electron chi connectivity index (χ0n) is 26.4. The van der Waals surface area contributed by atoms with E-state index in [4.69, 9.17) is 14.9 Å². The molecule has 12 nitrogen and oxygen atoms in total. The predicted octanol–water partition coefficient (Wildman–Crippen LogP) is 7.52. The van der Waals surface area contributed by atoms with E-state index < -0.39 is 16.8 Å². The normalized spacial score (nSPS) is 11.0. The van der Waals surface area contributed by atoms with Gasteiger partial charge in [-0.1, -0.05) is 82.6 Å². The molecule has 1 amide bonds. The number of hydrogen-bond donors (Lipinski definition) is 3. The summed E-state index contributed by atoms with van der Waals surface area (Å²) in [5.41, 5.74) is 0.866. The number of phenols is 1. The van der Waals surface area contributed by atoms with Crippen LogP contribution in [-0.4, -0.2) is 49.6 Å². The van der Waals surface area contributed by atoms with Gasteiger partial charge in [-0.3, -0.25) is 24.5 Å². The highest BCUT2D eigenvalue weighted by Gasteiger charge is 2.24. The fourth-order valence-electron chi connectivity index (χ4n) is 5.42. The maximum Gasteiger partial charge on any atom is 0.305 e. The van der Waals surface area contributed by atoms with Gasteiger partial charge >= 0.3 is 5.97 Å². The summed E-state index contributed by atoms with van der Waals surface area (Å²) >= 11 is 0. The Bertz CT molecular complexity index is 1720. The van der Waals surface area contributed by atoms with Gasteiger partial charge in [0.2, 0.25) is 5.88 Å². The van der Waals surface area contributed by atoms with Gasteiger partial charge in [0.25, 0.3) is 11.6 Å². The molecule has 0 atom stereocenters. The van der Waals surface area contributed by atoms with Crippen LogP contribution in [0.5, 0.6) is 17.4 Å². The van der Waals surface area contributed by atoms with Crippen molar-refractivity contribution in [3.8, 4) is 23.1 Å². The number of amides is 1. The molecule has 0 aliphatic carbocycles. The smallest absolute Gasteiger partial charge is 0.305 e. The molecule has 0 fully saturated rings. The number of non-ortho nitro benzene ring substituents is 1. The molecule has 0 aliphatic heterocycles. The van der Waals surface area contributed by atoms with Crippen LogP contribution in [-0.2, 0) is 11.2 Å². The molecular formula is C35H40N4O8. The highest BCUT2D eigenvalue weighted by Crippen LogP contribution is 2.40. The van der Waals surface area contributed by atoms with Crippen LogP contribution in [0.15, 0.2) is 54.6 Å². The van der Waals surface area contributed by atoms with Gasteiger partial charge in [0.1, 0.15) is 17.1 Å². The summed E-state index contributed by atoms with van der Waals surface area (Å²) < 4.78 is 7.80. The second-order valence-corrected chi connectivity index (χ2v) is 11.4. The lowest BCUT2D eigenvalue weighted by Crippen LogP contribution is -2.26. The van der Waals surface area contributed by atoms with Crippen molar-refractivity contribution in [3.05, 3.63) is 81.5 Å². The molecule has 0 saturated carbocycles. The molecule has 0 bridgehead atoms. The number of carbonyl (C=O) groups excluding carboxylic acids is 2. The number of nitro groups is 1. The van der Waals surface area contributed by atoms with Crippen molar-refractivity contribution >= 4 is 34.6 Å². The van der Waals surface area contributed by atoms with Crippen LogP contribution in [0.2, 0.25) is 0 Å². The third-order valence-corrected chi connectivity index (χ3v) is 7.95. The van der Waals surface area contributed by atoms with E-state index >= 15 is 0 Å². The van der Waals surface area contributed by atoms with E-state index in [0.717, 1.165) is 25.7 Å². The fourth-order valence-corrected chi connectivity index (χ4v) is 5.42. The average molecular weight is 645 g/mol. The minimum absolute atomic E-state index is 0.0489. The molecule has 0 saturated heterocycles. The number of aromatic hydroxyl groups is 1. The average Bonchev–Trinajstić information content (AvgIpc) is 3.41. The molecule has 0 unspecified atom stereocenters. The van der Waals surface area contributed by atoms with Gasteiger partial charge in [-0.15, -0.1) is 0 Å². The summed E-state index contributed by atoms with van der Waals surface area (Å²) in [6.45, 7) is 2.05. The second kappa shape index (κ2) is 16.9. The number of nitrogens with zero attached hydrogens (tertiary/aromatic N) is 3. The number of ether oxygens (including phenoxy) is 1. The number of carboxylic acid groups (broad SMARTS) is 1. The van der Waals surface area contributed by atoms with Crippen molar-refractivity contribution in [1.29, 1.82) is 0 Å². The predicted molar refractivity (Wildman–Crippen MR) is 177 cm³/mol. The molecule has 4 aromatic rings. The Morgan fingerprint density at radius 3 is 2.23 bits per heavy atom. The number of aromatic nitrogens is 2. The Balaban J connectivity index is 1.68. The lowest BCUT2D eigenvalue weighted by Gasteiger charge is -2.15. The number of unbranched alkanes of at least 4 members (excludes halogenated alkanes) is 8. The number of rotatable bonds is 19. The van der Waals surface area contributed by atoms with Crippen molar-refractivity contribution in [3.63, 3.8) is 0 Å². The number of aldehydes is 1. The maximum atomic E-state index is 13.0. The third-order valence-electron chi connectivity index (χ3n) is 7.95. The Morgan fingerprint density at radius 1 is 0.979 bits per heavy atom. The zero-order valence-corrected chi connectivity index (χ0v) is 26.4. The van der Waals surface area contributed by atoms with E-state index in [2.05, 4.69) is 12.2 Å². The Morgan fingerprint density at radius 2 is 1.62 bits per heavy atom. The van der Waals surface area contributed by atoms with E-state index in [0.29, 0.717) is 34.9 Å². The van der Waals surface area contributed by atoms with Gasteiger partial charge in [0, 0.05) is 29.4 Å². The van der Waals surface area contributed by atoms with Crippen LogP contribution in [0.1, 0.15) is 97.5 Å². The van der Waals surface area contributed by atoms with Crippen LogP contribution in [0.4, 0.5) is 5.69 Å². The lowest BCUT2D eigenvalue weighted by atomic mass is 10.0. The van der Waals surface area contributed by atoms with Crippen LogP contribution >= 0.6 is 0 Å². The van der Waals surface area contributed by atoms with Crippen LogP contribution in [0.25, 0.3) is 16.5 Å². The van der Waals surface area contributed by atoms with E-state index in [1.54, 1.807) is 24.3 Å². The largest absolute Gasteiger partial charge is 0.506 e. The molecule has 0 radical (unpaired) electrons. The van der Waals surface area contributed by atoms with Crippen molar-refractivity contribution < 1.29 is 34.3 Å². The number of hydrogen-bond acceptors (Lipinski definition) is 8. The second-order valence-electron chi connectivity index (χ2n) is 11.4. The first-order valence-electron chi connectivity index (χ1n) is 16.0. The number of benzene rings is 3. The zero-order chi connectivity index (χ0) is 33.8. The number of aryl methyl sites for hydroxylation is 1. The minimum Gasteiger partial charge on any atom is -0.506 e. The Labute approximate surface area is 272 Å². The molecule has 0 aliphatic rings. The summed E-state index contributed by atoms with van der Waals surface area (Å²) in [5, 5.41) is 39.2. The number of fused-ring (bicyclic) bond motifs is 1. The number of nitrogens with one attached hydrogen (secondary N) is 1. The van der Waals surface area contributed by atoms with Crippen molar-refractivity contribution in [2.75, 3.05) is 6.54 Å². The molecule has 248 valence electrons. The van der Waals surface area contributed by atoms with Gasteiger partial charge in [-0.05, 0) is 31.0 Å². The number of phenolic OH excluding ortho intramolecular Hbond substituents is 1. The van der Waals surface area contributed by atoms with Crippen LogP contribution in [0, 0.1) is 10.1 Å². The molecular weight excluding hydrogens is 604 g/mol.